The van der Waals surface area contributed by atoms with E-state index < -0.39 is 28.3 Å². The average molecular weight is 560 g/mol. The molecular formula is C22H18BrCl2FN2O3S. The second kappa shape index (κ2) is 10.3. The van der Waals surface area contributed by atoms with Crippen molar-refractivity contribution in [3.63, 3.8) is 0 Å². The number of nitrogens with zero attached hydrogens (tertiary/aromatic N) is 2. The van der Waals surface area contributed by atoms with Gasteiger partial charge in [0.2, 0.25) is 15.9 Å². The van der Waals surface area contributed by atoms with Crippen molar-refractivity contribution in [3.05, 3.63) is 92.6 Å². The van der Waals surface area contributed by atoms with Gasteiger partial charge in [-0.2, -0.15) is 4.31 Å². The van der Waals surface area contributed by atoms with Gasteiger partial charge in [-0.15, -0.1) is 0 Å². The lowest BCUT2D eigenvalue weighted by Gasteiger charge is -2.25. The molecule has 3 aromatic rings. The summed E-state index contributed by atoms with van der Waals surface area (Å²) in [6.07, 6.45) is 0. The number of anilines is 1. The van der Waals surface area contributed by atoms with Crippen LogP contribution in [0, 0.1) is 5.82 Å². The second-order valence-corrected chi connectivity index (χ2v) is 10.6. The highest BCUT2D eigenvalue weighted by Crippen LogP contribution is 2.26. The predicted molar refractivity (Wildman–Crippen MR) is 128 cm³/mol. The van der Waals surface area contributed by atoms with Crippen LogP contribution in [0.2, 0.25) is 10.0 Å². The van der Waals surface area contributed by atoms with Crippen molar-refractivity contribution in [2.45, 2.75) is 11.4 Å². The zero-order valence-electron chi connectivity index (χ0n) is 16.8. The molecule has 0 aromatic heterocycles. The van der Waals surface area contributed by atoms with E-state index in [2.05, 4.69) is 15.9 Å². The minimum Gasteiger partial charge on any atom is -0.314 e. The summed E-state index contributed by atoms with van der Waals surface area (Å²) in [7, 11) is -2.55. The van der Waals surface area contributed by atoms with E-state index in [4.69, 9.17) is 23.2 Å². The molecule has 0 spiro atoms. The van der Waals surface area contributed by atoms with Gasteiger partial charge < -0.3 is 4.90 Å². The highest BCUT2D eigenvalue weighted by atomic mass is 79.9. The molecule has 3 aromatic carbocycles. The van der Waals surface area contributed by atoms with Gasteiger partial charge >= 0.3 is 0 Å². The number of rotatable bonds is 7. The first-order chi connectivity index (χ1) is 15.1. The summed E-state index contributed by atoms with van der Waals surface area (Å²) >= 11 is 15.5. The molecule has 0 radical (unpaired) electrons. The van der Waals surface area contributed by atoms with Gasteiger partial charge in [-0.05, 0) is 66.2 Å². The Morgan fingerprint density at radius 3 is 2.22 bits per heavy atom. The quantitative estimate of drug-likeness (QED) is 0.370. The predicted octanol–water partition coefficient (Wildman–Crippen LogP) is 5.75. The average Bonchev–Trinajstić information content (AvgIpc) is 2.75. The Hall–Kier alpha value is -1.97. The topological polar surface area (TPSA) is 57.7 Å². The van der Waals surface area contributed by atoms with E-state index >= 15 is 0 Å². The molecule has 0 N–H and O–H groups in total. The Morgan fingerprint density at radius 2 is 1.62 bits per heavy atom. The third kappa shape index (κ3) is 5.88. The van der Waals surface area contributed by atoms with E-state index in [9.17, 15) is 17.6 Å². The van der Waals surface area contributed by atoms with Crippen LogP contribution in [-0.4, -0.2) is 32.2 Å². The Balaban J connectivity index is 1.94. The number of carbonyl (C=O) groups is 1. The van der Waals surface area contributed by atoms with Crippen molar-refractivity contribution in [1.29, 1.82) is 0 Å². The molecule has 0 aliphatic carbocycles. The molecule has 0 saturated carbocycles. The third-order valence-electron chi connectivity index (χ3n) is 4.71. The summed E-state index contributed by atoms with van der Waals surface area (Å²) < 4.78 is 41.8. The standard InChI is InChI=1S/C22H18BrCl2FN2O3S/c1-27(19-8-6-18(26)7-9-19)22(29)14-28(13-15-2-5-17(24)12-21(15)25)32(30,31)20-10-3-16(23)4-11-20/h2-12H,13-14H2,1H3. The van der Waals surface area contributed by atoms with Crippen LogP contribution in [0.3, 0.4) is 0 Å². The minimum absolute atomic E-state index is 0.0306. The van der Waals surface area contributed by atoms with Crippen molar-refractivity contribution >= 4 is 60.7 Å². The molecule has 0 unspecified atom stereocenters. The highest BCUT2D eigenvalue weighted by Gasteiger charge is 2.29. The maximum absolute atomic E-state index is 13.4. The number of likely N-dealkylation sites (N-methyl/N-ethyl adjacent to an activating group) is 1. The lowest BCUT2D eigenvalue weighted by Crippen LogP contribution is -2.41. The summed E-state index contributed by atoms with van der Waals surface area (Å²) in [4.78, 5) is 14.3. The first-order valence-electron chi connectivity index (χ1n) is 9.29. The van der Waals surface area contributed by atoms with Gasteiger partial charge in [-0.25, -0.2) is 12.8 Å². The van der Waals surface area contributed by atoms with Gasteiger partial charge in [0.25, 0.3) is 0 Å². The fraction of sp³-hybridized carbons (Fsp3) is 0.136. The first kappa shape index (κ1) is 24.7. The summed E-state index contributed by atoms with van der Waals surface area (Å²) in [5.41, 5.74) is 0.927. The van der Waals surface area contributed by atoms with E-state index in [0.29, 0.717) is 16.3 Å². The SMILES string of the molecule is CN(C(=O)CN(Cc1ccc(Cl)cc1Cl)S(=O)(=O)c1ccc(Br)cc1)c1ccc(F)cc1. The van der Waals surface area contributed by atoms with Crippen LogP contribution in [-0.2, 0) is 21.4 Å². The normalized spacial score (nSPS) is 11.6. The van der Waals surface area contributed by atoms with Crippen LogP contribution in [0.4, 0.5) is 10.1 Å². The number of sulfonamides is 1. The molecule has 0 atom stereocenters. The largest absolute Gasteiger partial charge is 0.314 e. The fourth-order valence-electron chi connectivity index (χ4n) is 2.89. The van der Waals surface area contributed by atoms with Gasteiger partial charge in [0.1, 0.15) is 5.82 Å². The number of hydrogen-bond acceptors (Lipinski definition) is 3. The van der Waals surface area contributed by atoms with Crippen molar-refractivity contribution < 1.29 is 17.6 Å². The van der Waals surface area contributed by atoms with Gasteiger partial charge in [0.05, 0.1) is 11.4 Å². The van der Waals surface area contributed by atoms with Gasteiger partial charge in [0, 0.05) is 33.8 Å². The minimum atomic E-state index is -4.05. The van der Waals surface area contributed by atoms with Crippen LogP contribution in [0.15, 0.2) is 76.1 Å². The van der Waals surface area contributed by atoms with E-state index in [1.807, 2.05) is 0 Å². The van der Waals surface area contributed by atoms with Crippen LogP contribution < -0.4 is 4.90 Å². The Kier molecular flexibility index (Phi) is 7.95. The van der Waals surface area contributed by atoms with Gasteiger partial charge in [-0.3, -0.25) is 4.79 Å². The molecule has 0 heterocycles. The van der Waals surface area contributed by atoms with Crippen molar-refractivity contribution in [2.75, 3.05) is 18.5 Å². The number of carbonyl (C=O) groups excluding carboxylic acids is 1. The molecule has 3 rings (SSSR count). The van der Waals surface area contributed by atoms with E-state index in [-0.39, 0.29) is 16.5 Å². The Labute approximate surface area is 204 Å². The zero-order valence-corrected chi connectivity index (χ0v) is 20.7. The molecule has 0 aliphatic rings. The Bertz CT molecular complexity index is 1220. The first-order valence-corrected chi connectivity index (χ1v) is 12.3. The van der Waals surface area contributed by atoms with E-state index in [1.165, 1.54) is 54.4 Å². The molecule has 168 valence electrons. The molecule has 10 heteroatoms. The number of amides is 1. The van der Waals surface area contributed by atoms with Gasteiger partial charge in [-0.1, -0.05) is 45.2 Å². The lowest BCUT2D eigenvalue weighted by atomic mass is 10.2. The van der Waals surface area contributed by atoms with Crippen LogP contribution in [0.25, 0.3) is 0 Å². The third-order valence-corrected chi connectivity index (χ3v) is 7.63. The zero-order chi connectivity index (χ0) is 23.5. The van der Waals surface area contributed by atoms with Crippen molar-refractivity contribution in [2.24, 2.45) is 0 Å². The maximum atomic E-state index is 13.4. The highest BCUT2D eigenvalue weighted by molar-refractivity contribution is 9.10. The number of halogens is 4. The Morgan fingerprint density at radius 1 is 1.00 bits per heavy atom. The molecule has 32 heavy (non-hydrogen) atoms. The van der Waals surface area contributed by atoms with Crippen LogP contribution in [0.1, 0.15) is 5.56 Å². The van der Waals surface area contributed by atoms with Crippen molar-refractivity contribution in [1.82, 2.24) is 4.31 Å². The van der Waals surface area contributed by atoms with Crippen LogP contribution in [0.5, 0.6) is 0 Å². The number of hydrogen-bond donors (Lipinski definition) is 0. The lowest BCUT2D eigenvalue weighted by molar-refractivity contribution is -0.118. The summed E-state index contributed by atoms with van der Waals surface area (Å²) in [5.74, 6) is -0.936. The fourth-order valence-corrected chi connectivity index (χ4v) is 4.99. The smallest absolute Gasteiger partial charge is 0.243 e. The molecule has 0 fully saturated rings. The van der Waals surface area contributed by atoms with E-state index in [0.717, 1.165) is 8.78 Å². The summed E-state index contributed by atoms with van der Waals surface area (Å²) in [5, 5.41) is 0.695. The monoisotopic (exact) mass is 558 g/mol. The number of benzene rings is 3. The van der Waals surface area contributed by atoms with Crippen molar-refractivity contribution in [3.8, 4) is 0 Å². The second-order valence-electron chi connectivity index (χ2n) is 6.89. The molecule has 5 nitrogen and oxygen atoms in total. The van der Waals surface area contributed by atoms with Crippen LogP contribution >= 0.6 is 39.1 Å². The molecule has 0 bridgehead atoms. The summed E-state index contributed by atoms with van der Waals surface area (Å²) in [6, 6.07) is 16.2. The molecule has 0 aliphatic heterocycles. The van der Waals surface area contributed by atoms with E-state index in [1.54, 1.807) is 24.3 Å². The molecule has 0 saturated heterocycles. The summed E-state index contributed by atoms with van der Waals surface area (Å²) in [6.45, 7) is -0.595. The van der Waals surface area contributed by atoms with Gasteiger partial charge in [0.15, 0.2) is 0 Å². The molecule has 1 amide bonds. The maximum Gasteiger partial charge on any atom is 0.243 e. The molecular weight excluding hydrogens is 542 g/mol.